The molecule has 8 heteroatoms. The number of aliphatic hydroxyl groups is 2. The lowest BCUT2D eigenvalue weighted by atomic mass is 9.88. The smallest absolute Gasteiger partial charge is 0.104 e. The Balaban J connectivity index is 1.50. The molecule has 0 amide bonds. The van der Waals surface area contributed by atoms with Gasteiger partial charge in [0, 0.05) is 39.6 Å². The van der Waals surface area contributed by atoms with Gasteiger partial charge in [-0.1, -0.05) is 403 Å². The SMILES string of the molecule is C[C@H](CCC[C@H](C)CCC[C@H](C)CC[C@@H](C)CCC[C@@H](C)CCC[C@@H](C)CCC[C@@H](C)CCO[C@@H](COCC[C@H](C)CCC[C@H](C)CCC[C@H](C)CCC[C@H](C)CO)COCc1ccccc1)CCC[C@@H](C)CCOC[C@@H](COCc1ccccc1)OCC[C@H](C)CCC[C@H](C)CCC[C@H](C)CCC[C@H](C)CO. The minimum atomic E-state index is -0.0336. The van der Waals surface area contributed by atoms with Gasteiger partial charge in [0.25, 0.3) is 0 Å². The molecule has 2 N–H and O–H groups in total. The van der Waals surface area contributed by atoms with Crippen LogP contribution in [0.4, 0.5) is 0 Å². The summed E-state index contributed by atoms with van der Waals surface area (Å²) in [5, 5.41) is 18.6. The van der Waals surface area contributed by atoms with Crippen molar-refractivity contribution in [1.29, 1.82) is 0 Å². The van der Waals surface area contributed by atoms with E-state index in [1.807, 2.05) is 0 Å². The van der Waals surface area contributed by atoms with Crippen molar-refractivity contribution >= 4 is 0 Å². The third-order valence-electron chi connectivity index (χ3n) is 25.4. The van der Waals surface area contributed by atoms with Gasteiger partial charge in [-0.2, -0.15) is 0 Å². The number of rotatable bonds is 79. The third-order valence-corrected chi connectivity index (χ3v) is 25.4. The second-order valence-electron chi connectivity index (χ2n) is 38.1. The Morgan fingerprint density at radius 1 is 0.204 bits per heavy atom. The van der Waals surface area contributed by atoms with Crippen molar-refractivity contribution in [1.82, 2.24) is 0 Å². The van der Waals surface area contributed by atoms with Crippen LogP contribution in [0.3, 0.4) is 0 Å². The number of hydrogen-bond acceptors (Lipinski definition) is 8. The van der Waals surface area contributed by atoms with E-state index in [0.29, 0.717) is 88.4 Å². The summed E-state index contributed by atoms with van der Waals surface area (Å²) in [6.45, 7) is 46.1. The first-order valence-corrected chi connectivity index (χ1v) is 47.0. The van der Waals surface area contributed by atoms with Gasteiger partial charge in [-0.05, 0) is 144 Å². The normalized spacial score (nSPS) is 17.2. The lowest BCUT2D eigenvalue weighted by molar-refractivity contribution is -0.0670. The van der Waals surface area contributed by atoms with Crippen LogP contribution in [0, 0.1) is 94.7 Å². The maximum Gasteiger partial charge on any atom is 0.104 e. The van der Waals surface area contributed by atoms with E-state index in [2.05, 4.69) is 171 Å². The van der Waals surface area contributed by atoms with Crippen LogP contribution in [-0.4, -0.2) is 88.5 Å². The van der Waals surface area contributed by atoms with E-state index < -0.39 is 0 Å². The van der Waals surface area contributed by atoms with Crippen molar-refractivity contribution in [3.8, 4) is 0 Å². The van der Waals surface area contributed by atoms with E-state index in [-0.39, 0.29) is 12.2 Å². The topological polar surface area (TPSA) is 95.8 Å². The van der Waals surface area contributed by atoms with Gasteiger partial charge in [-0.15, -0.1) is 0 Å². The second kappa shape index (κ2) is 69.4. The molecule has 8 nitrogen and oxygen atoms in total. The zero-order valence-electron chi connectivity index (χ0n) is 74.7. The molecule has 2 aromatic carbocycles. The number of aliphatic hydroxyl groups excluding tert-OH is 2. The molecular formula is C100H186O8. The molecule has 2 rings (SSSR count). The van der Waals surface area contributed by atoms with Gasteiger partial charge in [0.05, 0.1) is 39.6 Å². The minimum Gasteiger partial charge on any atom is -0.396 e. The molecule has 108 heavy (non-hydrogen) atoms. The van der Waals surface area contributed by atoms with E-state index in [1.165, 1.54) is 242 Å². The van der Waals surface area contributed by atoms with Gasteiger partial charge < -0.3 is 38.6 Å². The Morgan fingerprint density at radius 2 is 0.380 bits per heavy atom. The summed E-state index contributed by atoms with van der Waals surface area (Å²) in [4.78, 5) is 0. The summed E-state index contributed by atoms with van der Waals surface area (Å²) in [5.41, 5.74) is 2.40. The summed E-state index contributed by atoms with van der Waals surface area (Å²) in [6, 6.07) is 21.0. The molecule has 0 radical (unpaired) electrons. The lowest BCUT2D eigenvalue weighted by Gasteiger charge is -2.21. The Hall–Kier alpha value is -1.88. The summed E-state index contributed by atoms with van der Waals surface area (Å²) in [7, 11) is 0. The van der Waals surface area contributed by atoms with Gasteiger partial charge in [0.2, 0.25) is 0 Å². The van der Waals surface area contributed by atoms with Gasteiger partial charge in [-0.3, -0.25) is 0 Å². The van der Waals surface area contributed by atoms with Crippen LogP contribution in [-0.2, 0) is 41.6 Å². The van der Waals surface area contributed by atoms with Crippen LogP contribution < -0.4 is 0 Å². The molecule has 18 atom stereocenters. The molecule has 0 aromatic heterocycles. The molecule has 0 heterocycles. The standard InChI is InChI=1S/C100H186O8/c1-81(35-23-37-83(3)45-29-53-91(11)65-69-103-77-100(80-106-76-98-61-21-18-22-62-98)108-72-68-94(14)56-32-48-86(6)40-26-42-88(8)50-34-58-96(16)74-102)43-27-51-89(9)63-64-90(10)52-28-44-82(2)36-24-38-85(5)47-31-55-93(13)67-71-107-99(79-105-75-97-59-19-17-20-60-97)78-104-70-66-92(12)54-30-46-84(4)39-25-41-87(7)49-33-57-95(15)73-101/h17-22,59-62,81-96,99-102H,23-58,63-80H2,1-16H3/t81-,82-,83+,84+,85+,86+,87-,88-,89-,90-,91+,92+,93+,94+,95-,96-,99-,100-/m0/s1. The quantitative estimate of drug-likeness (QED) is 0.0633. The molecule has 0 saturated carbocycles. The average molecular weight is 1520 g/mol. The molecule has 0 aliphatic rings. The summed E-state index contributed by atoms with van der Waals surface area (Å²) >= 11 is 0. The van der Waals surface area contributed by atoms with E-state index in [9.17, 15) is 10.2 Å². The van der Waals surface area contributed by atoms with Crippen LogP contribution in [0.25, 0.3) is 0 Å². The van der Waals surface area contributed by atoms with E-state index >= 15 is 0 Å². The van der Waals surface area contributed by atoms with Crippen molar-refractivity contribution in [3.05, 3.63) is 71.8 Å². The van der Waals surface area contributed by atoms with E-state index in [1.54, 1.807) is 0 Å². The number of hydrogen-bond donors (Lipinski definition) is 2. The second-order valence-corrected chi connectivity index (χ2v) is 38.1. The Kier molecular flexibility index (Phi) is 65.7. The Bertz CT molecular complexity index is 2180. The molecule has 0 aliphatic carbocycles. The molecule has 0 spiro atoms. The first-order valence-electron chi connectivity index (χ1n) is 47.0. The first-order chi connectivity index (χ1) is 52.1. The molecule has 0 saturated heterocycles. The lowest BCUT2D eigenvalue weighted by Crippen LogP contribution is -2.27. The Morgan fingerprint density at radius 3 is 0.593 bits per heavy atom. The maximum atomic E-state index is 9.32. The fraction of sp³-hybridized carbons (Fsp3) is 0.880. The van der Waals surface area contributed by atoms with Crippen LogP contribution in [0.5, 0.6) is 0 Å². The average Bonchev–Trinajstić information content (AvgIpc) is 0.962. The molecule has 0 fully saturated rings. The van der Waals surface area contributed by atoms with Gasteiger partial charge in [-0.25, -0.2) is 0 Å². The first kappa shape index (κ1) is 102. The molecular weight excluding hydrogens is 1330 g/mol. The maximum absolute atomic E-state index is 9.32. The summed E-state index contributed by atoms with van der Waals surface area (Å²) in [5.74, 6) is 11.9. The largest absolute Gasteiger partial charge is 0.396 e. The predicted molar refractivity (Wildman–Crippen MR) is 468 cm³/mol. The van der Waals surface area contributed by atoms with Crippen LogP contribution in [0.2, 0.25) is 0 Å². The zero-order chi connectivity index (χ0) is 79.0. The Labute approximate surface area is 673 Å². The van der Waals surface area contributed by atoms with Crippen LogP contribution >= 0.6 is 0 Å². The molecule has 0 unspecified atom stereocenters. The number of ether oxygens (including phenoxy) is 6. The van der Waals surface area contributed by atoms with Gasteiger partial charge in [0.15, 0.2) is 0 Å². The fourth-order valence-corrected chi connectivity index (χ4v) is 16.5. The van der Waals surface area contributed by atoms with Crippen molar-refractivity contribution in [2.45, 2.75) is 406 Å². The van der Waals surface area contributed by atoms with Gasteiger partial charge in [0.1, 0.15) is 12.2 Å². The summed E-state index contributed by atoms with van der Waals surface area (Å²) in [6.07, 6.45) is 55.3. The molecule has 2 aromatic rings. The molecule has 634 valence electrons. The van der Waals surface area contributed by atoms with Gasteiger partial charge >= 0.3 is 0 Å². The van der Waals surface area contributed by atoms with E-state index in [0.717, 1.165) is 124 Å². The highest BCUT2D eigenvalue weighted by Gasteiger charge is 2.19. The minimum absolute atomic E-state index is 0.0333. The number of benzene rings is 2. The zero-order valence-corrected chi connectivity index (χ0v) is 74.7. The monoisotopic (exact) mass is 1520 g/mol. The van der Waals surface area contributed by atoms with Crippen molar-refractivity contribution in [3.63, 3.8) is 0 Å². The van der Waals surface area contributed by atoms with Crippen molar-refractivity contribution in [2.75, 3.05) is 66.1 Å². The highest BCUT2D eigenvalue weighted by Crippen LogP contribution is 2.30. The summed E-state index contributed by atoms with van der Waals surface area (Å²) < 4.78 is 38.0. The van der Waals surface area contributed by atoms with Crippen molar-refractivity contribution in [2.24, 2.45) is 94.7 Å². The third kappa shape index (κ3) is 62.5. The van der Waals surface area contributed by atoms with Crippen LogP contribution in [0.1, 0.15) is 392 Å². The highest BCUT2D eigenvalue weighted by atomic mass is 16.6. The van der Waals surface area contributed by atoms with E-state index in [4.69, 9.17) is 28.4 Å². The highest BCUT2D eigenvalue weighted by molar-refractivity contribution is 5.14. The fourth-order valence-electron chi connectivity index (χ4n) is 16.5. The molecule has 0 bridgehead atoms. The van der Waals surface area contributed by atoms with Crippen molar-refractivity contribution < 1.29 is 38.6 Å². The van der Waals surface area contributed by atoms with Crippen LogP contribution in [0.15, 0.2) is 60.7 Å². The molecule has 0 aliphatic heterocycles. The predicted octanol–water partition coefficient (Wildman–Crippen LogP) is 28.8.